The molecule has 4 rings (SSSR count). The highest BCUT2D eigenvalue weighted by molar-refractivity contribution is 7.99. The zero-order chi connectivity index (χ0) is 19.0. The molecule has 9 heteroatoms. The van der Waals surface area contributed by atoms with Gasteiger partial charge in [0.25, 0.3) is 0 Å². The molecule has 140 valence electrons. The Morgan fingerprint density at radius 3 is 2.85 bits per heavy atom. The molecule has 8 nitrogen and oxygen atoms in total. The third-order valence-electron chi connectivity index (χ3n) is 4.38. The molecule has 1 fully saturated rings. The van der Waals surface area contributed by atoms with Crippen molar-refractivity contribution in [3.8, 4) is 5.69 Å². The summed E-state index contributed by atoms with van der Waals surface area (Å²) in [4.78, 5) is 12.5. The number of hydrogen-bond donors (Lipinski definition) is 1. The van der Waals surface area contributed by atoms with Gasteiger partial charge in [-0.2, -0.15) is 5.10 Å². The number of carbonyl (C=O) groups excluding carboxylic acids is 1. The van der Waals surface area contributed by atoms with Crippen molar-refractivity contribution in [2.45, 2.75) is 44.8 Å². The molecular formula is C18H21N7OS. The summed E-state index contributed by atoms with van der Waals surface area (Å²) >= 11 is 1.35. The summed E-state index contributed by atoms with van der Waals surface area (Å²) in [5, 5.41) is 19.9. The van der Waals surface area contributed by atoms with Crippen molar-refractivity contribution in [2.75, 3.05) is 11.1 Å². The lowest BCUT2D eigenvalue weighted by Gasteiger charge is -2.12. The summed E-state index contributed by atoms with van der Waals surface area (Å²) < 4.78 is 3.59. The number of carbonyl (C=O) groups is 1. The minimum atomic E-state index is -0.114. The SMILES string of the molecule is Cc1ccc(C)c(-n2nc(C)cc2NC(=O)CSc2nnnn2C2CC2)c1. The highest BCUT2D eigenvalue weighted by Gasteiger charge is 2.28. The van der Waals surface area contributed by atoms with Crippen LogP contribution in [0.4, 0.5) is 5.82 Å². The lowest BCUT2D eigenvalue weighted by atomic mass is 10.1. The van der Waals surface area contributed by atoms with Gasteiger partial charge in [-0.05, 0) is 61.2 Å². The van der Waals surface area contributed by atoms with E-state index in [1.165, 1.54) is 11.8 Å². The lowest BCUT2D eigenvalue weighted by Crippen LogP contribution is -2.17. The van der Waals surface area contributed by atoms with E-state index in [1.807, 2.05) is 31.5 Å². The van der Waals surface area contributed by atoms with E-state index < -0.39 is 0 Å². The fourth-order valence-electron chi connectivity index (χ4n) is 2.86. The fourth-order valence-corrected chi connectivity index (χ4v) is 3.60. The van der Waals surface area contributed by atoms with E-state index >= 15 is 0 Å². The standard InChI is InChI=1S/C18H21N7OS/c1-11-4-5-12(2)15(8-11)25-16(9-13(3)21-25)19-17(26)10-27-18-20-22-23-24(18)14-6-7-14/h4-5,8-9,14H,6-7,10H2,1-3H3,(H,19,26). The number of anilines is 1. The Morgan fingerprint density at radius 2 is 2.07 bits per heavy atom. The number of nitrogens with zero attached hydrogens (tertiary/aromatic N) is 6. The molecule has 1 amide bonds. The van der Waals surface area contributed by atoms with Crippen LogP contribution < -0.4 is 5.32 Å². The van der Waals surface area contributed by atoms with Crippen molar-refractivity contribution in [1.82, 2.24) is 30.0 Å². The molecule has 1 aliphatic carbocycles. The van der Waals surface area contributed by atoms with Gasteiger partial charge in [0.15, 0.2) is 0 Å². The normalized spacial score (nSPS) is 13.7. The third kappa shape index (κ3) is 3.87. The summed E-state index contributed by atoms with van der Waals surface area (Å²) in [5.41, 5.74) is 4.04. The Morgan fingerprint density at radius 1 is 1.26 bits per heavy atom. The smallest absolute Gasteiger partial charge is 0.236 e. The quantitative estimate of drug-likeness (QED) is 0.658. The average molecular weight is 383 g/mol. The fraction of sp³-hybridized carbons (Fsp3) is 0.389. The van der Waals surface area contributed by atoms with E-state index in [9.17, 15) is 4.79 Å². The molecule has 1 N–H and O–H groups in total. The molecule has 0 unspecified atom stereocenters. The van der Waals surface area contributed by atoms with Gasteiger partial charge in [-0.3, -0.25) is 4.79 Å². The van der Waals surface area contributed by atoms with Crippen molar-refractivity contribution < 1.29 is 4.79 Å². The molecule has 0 radical (unpaired) electrons. The molecule has 1 aliphatic rings. The maximum atomic E-state index is 12.5. The van der Waals surface area contributed by atoms with Gasteiger partial charge in [-0.15, -0.1) is 5.10 Å². The van der Waals surface area contributed by atoms with Crippen molar-refractivity contribution in [1.29, 1.82) is 0 Å². The van der Waals surface area contributed by atoms with Crippen LogP contribution in [0, 0.1) is 20.8 Å². The first kappa shape index (κ1) is 17.7. The second kappa shape index (κ2) is 7.15. The molecule has 2 aromatic heterocycles. The van der Waals surface area contributed by atoms with E-state index in [0.29, 0.717) is 17.0 Å². The first-order valence-electron chi connectivity index (χ1n) is 8.86. The third-order valence-corrected chi connectivity index (χ3v) is 5.31. The second-order valence-corrected chi connectivity index (χ2v) is 7.79. The van der Waals surface area contributed by atoms with E-state index in [4.69, 9.17) is 0 Å². The van der Waals surface area contributed by atoms with Crippen molar-refractivity contribution in [3.05, 3.63) is 41.1 Å². The minimum Gasteiger partial charge on any atom is -0.310 e. The maximum Gasteiger partial charge on any atom is 0.236 e. The number of aryl methyl sites for hydroxylation is 3. The van der Waals surface area contributed by atoms with Crippen molar-refractivity contribution in [3.63, 3.8) is 0 Å². The van der Waals surface area contributed by atoms with Crippen LogP contribution in [0.5, 0.6) is 0 Å². The Kier molecular flexibility index (Phi) is 4.69. The van der Waals surface area contributed by atoms with Crippen LogP contribution in [0.3, 0.4) is 0 Å². The van der Waals surface area contributed by atoms with Gasteiger partial charge >= 0.3 is 0 Å². The van der Waals surface area contributed by atoms with Gasteiger partial charge in [0, 0.05) is 6.07 Å². The highest BCUT2D eigenvalue weighted by Crippen LogP contribution is 2.36. The van der Waals surface area contributed by atoms with Crippen LogP contribution >= 0.6 is 11.8 Å². The van der Waals surface area contributed by atoms with Gasteiger partial charge in [0.1, 0.15) is 5.82 Å². The van der Waals surface area contributed by atoms with Gasteiger partial charge in [-0.25, -0.2) is 9.36 Å². The van der Waals surface area contributed by atoms with Gasteiger partial charge in [0.05, 0.1) is 23.2 Å². The molecule has 0 spiro atoms. The van der Waals surface area contributed by atoms with Crippen LogP contribution in [0.25, 0.3) is 5.69 Å². The van der Waals surface area contributed by atoms with Gasteiger partial charge in [0.2, 0.25) is 11.1 Å². The number of amides is 1. The number of hydrogen-bond acceptors (Lipinski definition) is 6. The number of rotatable bonds is 6. The molecule has 2 heterocycles. The van der Waals surface area contributed by atoms with Crippen molar-refractivity contribution >= 4 is 23.5 Å². The van der Waals surface area contributed by atoms with Crippen LogP contribution in [-0.4, -0.2) is 41.6 Å². The predicted molar refractivity (Wildman–Crippen MR) is 103 cm³/mol. The molecule has 27 heavy (non-hydrogen) atoms. The second-order valence-electron chi connectivity index (χ2n) is 6.85. The summed E-state index contributed by atoms with van der Waals surface area (Å²) in [7, 11) is 0. The van der Waals surface area contributed by atoms with Crippen LogP contribution in [0.1, 0.15) is 35.7 Å². The Labute approximate surface area is 161 Å². The lowest BCUT2D eigenvalue weighted by molar-refractivity contribution is -0.113. The summed E-state index contributed by atoms with van der Waals surface area (Å²) in [6.45, 7) is 5.99. The van der Waals surface area contributed by atoms with Gasteiger partial charge in [-0.1, -0.05) is 23.9 Å². The number of aromatic nitrogens is 6. The summed E-state index contributed by atoms with van der Waals surface area (Å²) in [6, 6.07) is 8.45. The summed E-state index contributed by atoms with van der Waals surface area (Å²) in [6.07, 6.45) is 2.19. The van der Waals surface area contributed by atoms with Crippen molar-refractivity contribution in [2.24, 2.45) is 0 Å². The van der Waals surface area contributed by atoms with E-state index in [2.05, 4.69) is 44.1 Å². The highest BCUT2D eigenvalue weighted by atomic mass is 32.2. The number of benzene rings is 1. The molecule has 1 saturated carbocycles. The first-order valence-corrected chi connectivity index (χ1v) is 9.84. The van der Waals surface area contributed by atoms with E-state index in [1.54, 1.807) is 4.68 Å². The van der Waals surface area contributed by atoms with E-state index in [0.717, 1.165) is 35.3 Å². The Balaban J connectivity index is 1.48. The average Bonchev–Trinajstić information content (AvgIpc) is 3.26. The zero-order valence-electron chi connectivity index (χ0n) is 15.5. The van der Waals surface area contributed by atoms with Crippen LogP contribution in [0.15, 0.2) is 29.4 Å². The first-order chi connectivity index (χ1) is 13.0. The topological polar surface area (TPSA) is 90.5 Å². The maximum absolute atomic E-state index is 12.5. The van der Waals surface area contributed by atoms with Crippen LogP contribution in [-0.2, 0) is 4.79 Å². The number of thioether (sulfide) groups is 1. The predicted octanol–water partition coefficient (Wildman–Crippen LogP) is 2.85. The molecule has 0 atom stereocenters. The minimum absolute atomic E-state index is 0.114. The molecule has 3 aromatic rings. The van der Waals surface area contributed by atoms with Crippen LogP contribution in [0.2, 0.25) is 0 Å². The monoisotopic (exact) mass is 383 g/mol. The zero-order valence-corrected chi connectivity index (χ0v) is 16.3. The van der Waals surface area contributed by atoms with E-state index in [-0.39, 0.29) is 11.7 Å². The largest absolute Gasteiger partial charge is 0.310 e. The molecule has 0 aliphatic heterocycles. The number of tetrazole rings is 1. The van der Waals surface area contributed by atoms with Gasteiger partial charge < -0.3 is 5.32 Å². The molecular weight excluding hydrogens is 362 g/mol. The molecule has 0 bridgehead atoms. The molecule has 1 aromatic carbocycles. The Hall–Kier alpha value is -2.68. The Bertz CT molecular complexity index is 990. The summed E-state index contributed by atoms with van der Waals surface area (Å²) in [5.74, 6) is 0.787. The molecule has 0 saturated heterocycles. The number of nitrogens with one attached hydrogen (secondary N) is 1.